The lowest BCUT2D eigenvalue weighted by Crippen LogP contribution is -2.24. The van der Waals surface area contributed by atoms with Crippen LogP contribution in [0.4, 0.5) is 0 Å². The number of rotatable bonds is 4. The Morgan fingerprint density at radius 1 is 0.717 bits per heavy atom. The summed E-state index contributed by atoms with van der Waals surface area (Å²) >= 11 is 0. The number of ether oxygens (including phenoxy) is 2. The molecule has 5 aromatic carbocycles. The molecule has 0 bridgehead atoms. The number of pyridine rings is 1. The molecule has 0 unspecified atom stereocenters. The minimum Gasteiger partial charge on any atom is -0.457 e. The maximum Gasteiger partial charge on any atom is 0.145 e. The second-order valence-electron chi connectivity index (χ2n) is 12.4. The van der Waals surface area contributed by atoms with Crippen LogP contribution in [0.1, 0.15) is 25.0 Å². The number of hydrogen-bond acceptors (Lipinski definition) is 4. The van der Waals surface area contributed by atoms with E-state index in [-0.39, 0.29) is 5.41 Å². The number of nitrogens with zero attached hydrogens (tertiary/aromatic N) is 4. The molecular weight excluding hydrogens is 568 g/mol. The summed E-state index contributed by atoms with van der Waals surface area (Å²) in [6.07, 6.45) is 1.86. The molecule has 3 aromatic heterocycles. The highest BCUT2D eigenvalue weighted by molar-refractivity contribution is 6.11. The van der Waals surface area contributed by atoms with Gasteiger partial charge in [0.15, 0.2) is 0 Å². The molecule has 1 aliphatic rings. The summed E-state index contributed by atoms with van der Waals surface area (Å²) in [4.78, 5) is 9.77. The van der Waals surface area contributed by atoms with Crippen LogP contribution >= 0.6 is 0 Å². The van der Waals surface area contributed by atoms with Crippen LogP contribution in [-0.2, 0) is 12.5 Å². The highest BCUT2D eigenvalue weighted by Crippen LogP contribution is 2.52. The molecule has 1 aliphatic heterocycles. The molecule has 4 heterocycles. The van der Waals surface area contributed by atoms with Crippen molar-refractivity contribution in [1.82, 2.24) is 19.1 Å². The Bertz CT molecular complexity index is 2490. The monoisotopic (exact) mass is 598 g/mol. The van der Waals surface area contributed by atoms with Crippen LogP contribution in [0.25, 0.3) is 50.0 Å². The summed E-state index contributed by atoms with van der Waals surface area (Å²) in [5.41, 5.74) is 8.07. The van der Waals surface area contributed by atoms with Crippen molar-refractivity contribution in [3.63, 3.8) is 0 Å². The number of hydrogen-bond donors (Lipinski definition) is 0. The van der Waals surface area contributed by atoms with E-state index in [9.17, 15) is 0 Å². The van der Waals surface area contributed by atoms with Gasteiger partial charge in [0.2, 0.25) is 0 Å². The van der Waals surface area contributed by atoms with Gasteiger partial charge >= 0.3 is 0 Å². The molecule has 0 radical (unpaired) electrons. The van der Waals surface area contributed by atoms with Crippen LogP contribution in [0, 0.1) is 0 Å². The molecule has 0 spiro atoms. The first-order valence-corrected chi connectivity index (χ1v) is 15.5. The molecule has 0 amide bonds. The third-order valence-corrected chi connectivity index (χ3v) is 9.25. The van der Waals surface area contributed by atoms with Crippen LogP contribution in [-0.4, -0.2) is 19.1 Å². The zero-order valence-corrected chi connectivity index (χ0v) is 25.7. The van der Waals surface area contributed by atoms with Gasteiger partial charge in [0.25, 0.3) is 0 Å². The maximum atomic E-state index is 6.49. The topological polar surface area (TPSA) is 54.1 Å². The molecule has 0 atom stereocenters. The van der Waals surface area contributed by atoms with Crippen LogP contribution in [0.15, 0.2) is 128 Å². The first-order valence-electron chi connectivity index (χ1n) is 15.5. The van der Waals surface area contributed by atoms with Crippen molar-refractivity contribution in [1.29, 1.82) is 0 Å². The molecule has 0 saturated carbocycles. The van der Waals surface area contributed by atoms with Gasteiger partial charge < -0.3 is 14.0 Å². The Labute approximate surface area is 266 Å². The Balaban J connectivity index is 1.15. The number of aryl methyl sites for hydroxylation is 1. The van der Waals surface area contributed by atoms with E-state index in [0.29, 0.717) is 0 Å². The Morgan fingerprint density at radius 3 is 2.41 bits per heavy atom. The molecule has 222 valence electrons. The summed E-state index contributed by atoms with van der Waals surface area (Å²) in [6, 6.07) is 41.2. The van der Waals surface area contributed by atoms with Gasteiger partial charge in [-0.3, -0.25) is 4.57 Å². The smallest absolute Gasteiger partial charge is 0.145 e. The average Bonchev–Trinajstić information content (AvgIpc) is 3.60. The van der Waals surface area contributed by atoms with E-state index in [1.165, 1.54) is 11.1 Å². The van der Waals surface area contributed by atoms with E-state index in [2.05, 4.69) is 83.6 Å². The second-order valence-corrected chi connectivity index (χ2v) is 12.4. The molecule has 6 heteroatoms. The largest absolute Gasteiger partial charge is 0.457 e. The Hall–Kier alpha value is -5.88. The number of fused-ring (bicyclic) bond motifs is 7. The lowest BCUT2D eigenvalue weighted by molar-refractivity contribution is 0.420. The molecule has 46 heavy (non-hydrogen) atoms. The highest BCUT2D eigenvalue weighted by Gasteiger charge is 2.37. The predicted octanol–water partition coefficient (Wildman–Crippen LogP) is 9.96. The molecule has 9 rings (SSSR count). The lowest BCUT2D eigenvalue weighted by Gasteiger charge is -2.35. The van der Waals surface area contributed by atoms with E-state index in [1.54, 1.807) is 0 Å². The Kier molecular flexibility index (Phi) is 5.66. The molecule has 0 fully saturated rings. The quantitative estimate of drug-likeness (QED) is 0.202. The molecule has 8 aromatic rings. The third kappa shape index (κ3) is 3.90. The van der Waals surface area contributed by atoms with Crippen LogP contribution < -0.4 is 9.47 Å². The van der Waals surface area contributed by atoms with Gasteiger partial charge in [0.1, 0.15) is 34.5 Å². The van der Waals surface area contributed by atoms with Crippen molar-refractivity contribution < 1.29 is 9.47 Å². The summed E-state index contributed by atoms with van der Waals surface area (Å²) < 4.78 is 17.3. The van der Waals surface area contributed by atoms with E-state index >= 15 is 0 Å². The van der Waals surface area contributed by atoms with Crippen molar-refractivity contribution in [2.75, 3.05) is 0 Å². The molecular formula is C40H30N4O2. The number of imidazole rings is 1. The third-order valence-electron chi connectivity index (χ3n) is 9.25. The molecule has 0 N–H and O–H groups in total. The summed E-state index contributed by atoms with van der Waals surface area (Å²) in [5, 5.41) is 2.24. The second kappa shape index (κ2) is 9.81. The van der Waals surface area contributed by atoms with Crippen molar-refractivity contribution >= 4 is 33.0 Å². The van der Waals surface area contributed by atoms with E-state index < -0.39 is 0 Å². The van der Waals surface area contributed by atoms with Gasteiger partial charge in [-0.05, 0) is 66.7 Å². The van der Waals surface area contributed by atoms with Crippen molar-refractivity contribution in [3.8, 4) is 40.1 Å². The minimum atomic E-state index is -0.270. The number of para-hydroxylation sites is 3. The van der Waals surface area contributed by atoms with Crippen LogP contribution in [0.2, 0.25) is 0 Å². The van der Waals surface area contributed by atoms with E-state index in [1.807, 2.05) is 73.9 Å². The van der Waals surface area contributed by atoms with Gasteiger partial charge in [-0.15, -0.1) is 0 Å². The van der Waals surface area contributed by atoms with Crippen LogP contribution in [0.5, 0.6) is 23.0 Å². The molecule has 0 aliphatic carbocycles. The van der Waals surface area contributed by atoms with Gasteiger partial charge in [-0.25, -0.2) is 9.97 Å². The normalized spacial score (nSPS) is 13.5. The van der Waals surface area contributed by atoms with E-state index in [0.717, 1.165) is 73.0 Å². The zero-order chi connectivity index (χ0) is 31.0. The summed E-state index contributed by atoms with van der Waals surface area (Å²) in [6.45, 7) is 4.56. The summed E-state index contributed by atoms with van der Waals surface area (Å²) in [5.74, 6) is 4.17. The van der Waals surface area contributed by atoms with Gasteiger partial charge in [-0.2, -0.15) is 0 Å². The van der Waals surface area contributed by atoms with Gasteiger partial charge in [0.05, 0.1) is 22.2 Å². The predicted molar refractivity (Wildman–Crippen MR) is 183 cm³/mol. The van der Waals surface area contributed by atoms with Crippen LogP contribution in [0.3, 0.4) is 0 Å². The van der Waals surface area contributed by atoms with Crippen molar-refractivity contribution in [2.24, 2.45) is 7.05 Å². The highest BCUT2D eigenvalue weighted by atomic mass is 16.5. The maximum absolute atomic E-state index is 6.49. The Morgan fingerprint density at radius 2 is 1.52 bits per heavy atom. The zero-order valence-electron chi connectivity index (χ0n) is 25.7. The fraction of sp³-hybridized carbons (Fsp3) is 0.100. The van der Waals surface area contributed by atoms with Crippen molar-refractivity contribution in [3.05, 3.63) is 139 Å². The minimum absolute atomic E-state index is 0.270. The first-order chi connectivity index (χ1) is 22.5. The molecule has 0 saturated heterocycles. The average molecular weight is 599 g/mol. The fourth-order valence-corrected chi connectivity index (χ4v) is 7.13. The van der Waals surface area contributed by atoms with E-state index in [4.69, 9.17) is 19.4 Å². The SMILES string of the molecule is Cn1c(-c2cccc(Oc3cccc(-n4c5ccc6c(c5c5cccnc54)C(C)(C)c4ccccc4O6)c3)c2)nc2ccccc21. The lowest BCUT2D eigenvalue weighted by atomic mass is 9.74. The number of benzene rings is 5. The van der Waals surface area contributed by atoms with Gasteiger partial charge in [0, 0.05) is 52.2 Å². The fourth-order valence-electron chi connectivity index (χ4n) is 7.13. The summed E-state index contributed by atoms with van der Waals surface area (Å²) in [7, 11) is 2.05. The molecule has 6 nitrogen and oxygen atoms in total. The van der Waals surface area contributed by atoms with Gasteiger partial charge in [-0.1, -0.05) is 62.4 Å². The standard InChI is InChI=1S/C40H30N4O2/c1-40(2)30-16-4-7-19-34(30)46-35-21-20-33-36(37(35)40)29-15-10-22-41-39(29)44(33)26-12-9-14-28(24-26)45-27-13-8-11-25(23-27)38-42-31-17-5-6-18-32(31)43(38)3/h4-24H,1-3H3. The number of aromatic nitrogens is 4. The van der Waals surface area contributed by atoms with Crippen molar-refractivity contribution in [2.45, 2.75) is 19.3 Å². The first kappa shape index (κ1) is 26.5.